The van der Waals surface area contributed by atoms with E-state index in [1.165, 1.54) is 32.1 Å². The summed E-state index contributed by atoms with van der Waals surface area (Å²) in [6, 6.07) is 0. The first-order chi connectivity index (χ1) is 13.8. The van der Waals surface area contributed by atoms with Crippen LogP contribution in [0.3, 0.4) is 0 Å². The van der Waals surface area contributed by atoms with Gasteiger partial charge in [-0.1, -0.05) is 32.1 Å². The zero-order valence-corrected chi connectivity index (χ0v) is 18.6. The number of rotatable bonds is 4. The van der Waals surface area contributed by atoms with Crippen molar-refractivity contribution in [1.29, 1.82) is 0 Å². The molecule has 6 nitrogen and oxygen atoms in total. The summed E-state index contributed by atoms with van der Waals surface area (Å²) in [5.41, 5.74) is -0.244. The van der Waals surface area contributed by atoms with Crippen LogP contribution in [-0.2, 0) is 14.4 Å². The average Bonchev–Trinajstić information content (AvgIpc) is 2.93. The molecule has 3 amide bonds. The summed E-state index contributed by atoms with van der Waals surface area (Å²) in [6.07, 6.45) is 9.34. The minimum Gasteiger partial charge on any atom is -0.341 e. The van der Waals surface area contributed by atoms with Crippen LogP contribution in [0.1, 0.15) is 78.6 Å². The molecule has 0 aromatic rings. The van der Waals surface area contributed by atoms with Crippen molar-refractivity contribution in [3.05, 3.63) is 0 Å². The maximum atomic E-state index is 13.0. The average molecular weight is 406 g/mol. The third-order valence-electron chi connectivity index (χ3n) is 6.94. The lowest BCUT2D eigenvalue weighted by Crippen LogP contribution is -2.44. The highest BCUT2D eigenvalue weighted by atomic mass is 16.2. The highest BCUT2D eigenvalue weighted by Gasteiger charge is 2.41. The number of nitrogens with zero attached hydrogens (tertiary/aromatic N) is 3. The smallest absolute Gasteiger partial charge is 0.228 e. The van der Waals surface area contributed by atoms with Crippen LogP contribution in [0.5, 0.6) is 0 Å². The van der Waals surface area contributed by atoms with Gasteiger partial charge in [0.1, 0.15) is 0 Å². The van der Waals surface area contributed by atoms with Crippen LogP contribution >= 0.6 is 0 Å². The molecule has 1 unspecified atom stereocenters. The molecule has 0 radical (unpaired) electrons. The molecule has 3 fully saturated rings. The van der Waals surface area contributed by atoms with Gasteiger partial charge in [0.2, 0.25) is 17.7 Å². The number of amides is 3. The Labute approximate surface area is 176 Å². The maximum Gasteiger partial charge on any atom is 0.228 e. The van der Waals surface area contributed by atoms with Gasteiger partial charge in [-0.25, -0.2) is 0 Å². The third-order valence-corrected chi connectivity index (χ3v) is 6.94. The highest BCUT2D eigenvalue weighted by Crippen LogP contribution is 2.29. The van der Waals surface area contributed by atoms with Crippen LogP contribution in [0.4, 0.5) is 0 Å². The van der Waals surface area contributed by atoms with Crippen LogP contribution in [0, 0.1) is 11.8 Å². The molecular weight excluding hydrogens is 366 g/mol. The van der Waals surface area contributed by atoms with Gasteiger partial charge < -0.3 is 14.7 Å². The normalized spacial score (nSPS) is 24.7. The highest BCUT2D eigenvalue weighted by molar-refractivity contribution is 5.89. The lowest BCUT2D eigenvalue weighted by atomic mass is 9.86. The summed E-state index contributed by atoms with van der Waals surface area (Å²) in [5.74, 6) is 0.894. The minimum absolute atomic E-state index is 0.0742. The summed E-state index contributed by atoms with van der Waals surface area (Å²) < 4.78 is 0. The van der Waals surface area contributed by atoms with Gasteiger partial charge in [-0.2, -0.15) is 0 Å². The molecule has 3 aliphatic rings. The molecule has 1 atom stereocenters. The summed E-state index contributed by atoms with van der Waals surface area (Å²) in [7, 11) is 0. The van der Waals surface area contributed by atoms with Gasteiger partial charge in [0.05, 0.1) is 5.92 Å². The van der Waals surface area contributed by atoms with Gasteiger partial charge in [0, 0.05) is 51.1 Å². The van der Waals surface area contributed by atoms with Crippen molar-refractivity contribution >= 4 is 17.7 Å². The lowest BCUT2D eigenvalue weighted by molar-refractivity contribution is -0.136. The predicted octanol–water partition coefficient (Wildman–Crippen LogP) is 3.05. The maximum absolute atomic E-state index is 13.0. The van der Waals surface area contributed by atoms with E-state index in [0.29, 0.717) is 39.0 Å². The summed E-state index contributed by atoms with van der Waals surface area (Å²) in [4.78, 5) is 43.7. The molecule has 2 aliphatic heterocycles. The van der Waals surface area contributed by atoms with E-state index < -0.39 is 0 Å². The fourth-order valence-electron chi connectivity index (χ4n) is 5.13. The lowest BCUT2D eigenvalue weighted by Gasteiger charge is -2.32. The molecule has 164 valence electrons. The fourth-order valence-corrected chi connectivity index (χ4v) is 5.13. The molecule has 29 heavy (non-hydrogen) atoms. The molecule has 0 aromatic heterocycles. The third kappa shape index (κ3) is 5.73. The SMILES string of the molecule is CC(C)(C)N1CC(C(=O)N2CCCN(C(=O)CCC3CCCCC3)CC2)CC1=O. The van der Waals surface area contributed by atoms with E-state index in [1.54, 1.807) is 0 Å². The van der Waals surface area contributed by atoms with E-state index in [-0.39, 0.29) is 29.2 Å². The Morgan fingerprint density at radius 1 is 0.931 bits per heavy atom. The molecule has 6 heteroatoms. The molecule has 1 saturated carbocycles. The second-order valence-corrected chi connectivity index (χ2v) is 10.2. The zero-order chi connectivity index (χ0) is 21.0. The standard InChI is InChI=1S/C23H39N3O3/c1-23(2,3)26-17-19(16-21(26)28)22(29)25-13-7-12-24(14-15-25)20(27)11-10-18-8-5-4-6-9-18/h18-19H,4-17H2,1-3H3. The quantitative estimate of drug-likeness (QED) is 0.722. The van der Waals surface area contributed by atoms with Crippen molar-refractivity contribution in [3.63, 3.8) is 0 Å². The van der Waals surface area contributed by atoms with E-state index in [1.807, 2.05) is 35.5 Å². The van der Waals surface area contributed by atoms with Crippen molar-refractivity contribution < 1.29 is 14.4 Å². The topological polar surface area (TPSA) is 60.9 Å². The van der Waals surface area contributed by atoms with Crippen LogP contribution in [0.2, 0.25) is 0 Å². The Morgan fingerprint density at radius 2 is 1.59 bits per heavy atom. The molecule has 0 aromatic carbocycles. The summed E-state index contributed by atoms with van der Waals surface area (Å²) >= 11 is 0. The molecule has 0 bridgehead atoms. The van der Waals surface area contributed by atoms with Crippen LogP contribution in [0.15, 0.2) is 0 Å². The van der Waals surface area contributed by atoms with E-state index in [0.717, 1.165) is 25.3 Å². The van der Waals surface area contributed by atoms with Crippen molar-refractivity contribution in [2.45, 2.75) is 84.1 Å². The molecule has 2 saturated heterocycles. The van der Waals surface area contributed by atoms with Gasteiger partial charge in [-0.3, -0.25) is 14.4 Å². The van der Waals surface area contributed by atoms with Gasteiger partial charge in [0.15, 0.2) is 0 Å². The van der Waals surface area contributed by atoms with E-state index in [2.05, 4.69) is 0 Å². The Hall–Kier alpha value is -1.59. The first-order valence-corrected chi connectivity index (χ1v) is 11.6. The summed E-state index contributed by atoms with van der Waals surface area (Å²) in [5, 5.41) is 0. The zero-order valence-electron chi connectivity index (χ0n) is 18.6. The second kappa shape index (κ2) is 9.48. The van der Waals surface area contributed by atoms with E-state index in [9.17, 15) is 14.4 Å². The number of hydrogen-bond acceptors (Lipinski definition) is 3. The van der Waals surface area contributed by atoms with Gasteiger partial charge in [0.25, 0.3) is 0 Å². The van der Waals surface area contributed by atoms with Gasteiger partial charge in [-0.15, -0.1) is 0 Å². The Bertz CT molecular complexity index is 607. The first kappa shape index (κ1) is 22.1. The second-order valence-electron chi connectivity index (χ2n) is 10.2. The number of carbonyl (C=O) groups excluding carboxylic acids is 3. The molecule has 1 aliphatic carbocycles. The Kier molecular flexibility index (Phi) is 7.23. The molecular formula is C23H39N3O3. The summed E-state index contributed by atoms with van der Waals surface area (Å²) in [6.45, 7) is 9.20. The van der Waals surface area contributed by atoms with Crippen LogP contribution < -0.4 is 0 Å². The Morgan fingerprint density at radius 3 is 2.24 bits per heavy atom. The predicted molar refractivity (Wildman–Crippen MR) is 113 cm³/mol. The fraction of sp³-hybridized carbons (Fsp3) is 0.870. The number of carbonyl (C=O) groups is 3. The van der Waals surface area contributed by atoms with E-state index in [4.69, 9.17) is 0 Å². The van der Waals surface area contributed by atoms with Crippen molar-refractivity contribution in [3.8, 4) is 0 Å². The number of hydrogen-bond donors (Lipinski definition) is 0. The monoisotopic (exact) mass is 405 g/mol. The Balaban J connectivity index is 1.47. The van der Waals surface area contributed by atoms with Gasteiger partial charge >= 0.3 is 0 Å². The van der Waals surface area contributed by atoms with E-state index >= 15 is 0 Å². The van der Waals surface area contributed by atoms with Crippen molar-refractivity contribution in [2.24, 2.45) is 11.8 Å². The largest absolute Gasteiger partial charge is 0.341 e. The molecule has 2 heterocycles. The first-order valence-electron chi connectivity index (χ1n) is 11.6. The van der Waals surface area contributed by atoms with Gasteiger partial charge in [-0.05, 0) is 39.5 Å². The van der Waals surface area contributed by atoms with Crippen molar-refractivity contribution in [1.82, 2.24) is 14.7 Å². The van der Waals surface area contributed by atoms with Crippen LogP contribution in [0.25, 0.3) is 0 Å². The van der Waals surface area contributed by atoms with Crippen LogP contribution in [-0.4, -0.2) is 70.7 Å². The number of likely N-dealkylation sites (tertiary alicyclic amines) is 1. The molecule has 0 N–H and O–H groups in total. The minimum atomic E-state index is -0.244. The molecule has 3 rings (SSSR count). The molecule has 0 spiro atoms. The van der Waals surface area contributed by atoms with Crippen molar-refractivity contribution in [2.75, 3.05) is 32.7 Å².